The number of nitrogens with two attached hydrogens (primary N) is 1. The molecule has 2 aromatic carbocycles. The zero-order valence-electron chi connectivity index (χ0n) is 12.5. The van der Waals surface area contributed by atoms with Crippen LogP contribution in [0.4, 0.5) is 11.4 Å². The van der Waals surface area contributed by atoms with Crippen molar-refractivity contribution in [2.45, 2.75) is 25.7 Å². The maximum absolute atomic E-state index is 13.0. The number of nitrogen functional groups attached to an aromatic ring is 1. The largest absolute Gasteiger partial charge is 0.399 e. The average molecular weight is 280 g/mol. The molecule has 0 saturated carbocycles. The molecule has 3 nitrogen and oxygen atoms in total. The lowest BCUT2D eigenvalue weighted by atomic mass is 9.83. The lowest BCUT2D eigenvalue weighted by molar-refractivity contribution is -0.122. The molecule has 1 aliphatic rings. The summed E-state index contributed by atoms with van der Waals surface area (Å²) in [5.74, 6) is 0.123. The highest BCUT2D eigenvalue weighted by atomic mass is 16.2. The highest BCUT2D eigenvalue weighted by Crippen LogP contribution is 2.34. The predicted molar refractivity (Wildman–Crippen MR) is 86.4 cm³/mol. The van der Waals surface area contributed by atoms with Crippen LogP contribution < -0.4 is 10.6 Å². The number of amides is 1. The molecule has 2 N–H and O–H groups in total. The van der Waals surface area contributed by atoms with Gasteiger partial charge in [0.05, 0.1) is 5.41 Å². The van der Waals surface area contributed by atoms with Gasteiger partial charge in [-0.25, -0.2) is 0 Å². The number of rotatable bonds is 2. The molecule has 0 aliphatic carbocycles. The molecule has 2 aromatic rings. The van der Waals surface area contributed by atoms with E-state index in [4.69, 9.17) is 5.73 Å². The van der Waals surface area contributed by atoms with Crippen molar-refractivity contribution in [3.05, 3.63) is 59.7 Å². The Morgan fingerprint density at radius 1 is 1.14 bits per heavy atom. The topological polar surface area (TPSA) is 46.3 Å². The van der Waals surface area contributed by atoms with E-state index in [-0.39, 0.29) is 5.91 Å². The van der Waals surface area contributed by atoms with Gasteiger partial charge in [0.2, 0.25) is 5.91 Å². The van der Waals surface area contributed by atoms with E-state index in [1.54, 1.807) is 0 Å². The summed E-state index contributed by atoms with van der Waals surface area (Å²) in [5, 5.41) is 0. The monoisotopic (exact) mass is 280 g/mol. The van der Waals surface area contributed by atoms with Gasteiger partial charge in [-0.15, -0.1) is 0 Å². The molecule has 0 radical (unpaired) electrons. The van der Waals surface area contributed by atoms with Crippen molar-refractivity contribution in [3.63, 3.8) is 0 Å². The first-order valence-corrected chi connectivity index (χ1v) is 7.26. The molecule has 0 fully saturated rings. The van der Waals surface area contributed by atoms with Gasteiger partial charge in [-0.2, -0.15) is 0 Å². The van der Waals surface area contributed by atoms with E-state index in [0.29, 0.717) is 5.69 Å². The fourth-order valence-corrected chi connectivity index (χ4v) is 2.92. The van der Waals surface area contributed by atoms with E-state index in [9.17, 15) is 4.79 Å². The molecule has 0 unspecified atom stereocenters. The summed E-state index contributed by atoms with van der Waals surface area (Å²) < 4.78 is 0. The van der Waals surface area contributed by atoms with Crippen molar-refractivity contribution in [1.29, 1.82) is 0 Å². The third-order valence-corrected chi connectivity index (χ3v) is 4.28. The maximum atomic E-state index is 13.0. The standard InChI is InChI=1S/C18H20N2O/c1-18(2,14-6-4-3-5-7-14)17(21)20-11-10-13-8-9-15(19)12-16(13)20/h3-9,12H,10-11,19H2,1-2H3. The van der Waals surface area contributed by atoms with Crippen LogP contribution >= 0.6 is 0 Å². The van der Waals surface area contributed by atoms with Crippen LogP contribution in [0.1, 0.15) is 25.0 Å². The van der Waals surface area contributed by atoms with E-state index in [2.05, 4.69) is 0 Å². The number of carbonyl (C=O) groups excluding carboxylic acids is 1. The number of hydrogen-bond acceptors (Lipinski definition) is 2. The van der Waals surface area contributed by atoms with Crippen molar-refractivity contribution in [2.24, 2.45) is 0 Å². The highest BCUT2D eigenvalue weighted by Gasteiger charge is 2.36. The second kappa shape index (κ2) is 4.92. The lowest BCUT2D eigenvalue weighted by Gasteiger charge is -2.30. The molecule has 0 bridgehead atoms. The average Bonchev–Trinajstić information content (AvgIpc) is 2.90. The normalized spacial score (nSPS) is 14.1. The summed E-state index contributed by atoms with van der Waals surface area (Å²) in [6.07, 6.45) is 0.895. The van der Waals surface area contributed by atoms with Gasteiger partial charge < -0.3 is 10.6 Å². The van der Waals surface area contributed by atoms with Crippen LogP contribution in [-0.2, 0) is 16.6 Å². The molecule has 1 aliphatic heterocycles. The Bertz CT molecular complexity index is 677. The Kier molecular flexibility index (Phi) is 3.20. The summed E-state index contributed by atoms with van der Waals surface area (Å²) >= 11 is 0. The summed E-state index contributed by atoms with van der Waals surface area (Å²) in [4.78, 5) is 14.9. The molecule has 0 spiro atoms. The summed E-state index contributed by atoms with van der Waals surface area (Å²) in [6, 6.07) is 15.8. The third kappa shape index (κ3) is 2.29. The Labute approximate surface area is 125 Å². The minimum absolute atomic E-state index is 0.123. The first-order chi connectivity index (χ1) is 10.00. The Balaban J connectivity index is 1.96. The van der Waals surface area contributed by atoms with Crippen molar-refractivity contribution in [1.82, 2.24) is 0 Å². The molecule has 0 atom stereocenters. The first-order valence-electron chi connectivity index (χ1n) is 7.26. The Hall–Kier alpha value is -2.29. The molecule has 1 amide bonds. The van der Waals surface area contributed by atoms with Gasteiger partial charge in [0.15, 0.2) is 0 Å². The van der Waals surface area contributed by atoms with Crippen LogP contribution in [0.25, 0.3) is 0 Å². The molecule has 1 heterocycles. The summed E-state index contributed by atoms with van der Waals surface area (Å²) in [6.45, 7) is 4.69. The maximum Gasteiger partial charge on any atom is 0.237 e. The molecule has 3 heteroatoms. The highest BCUT2D eigenvalue weighted by molar-refractivity contribution is 6.02. The van der Waals surface area contributed by atoms with Gasteiger partial charge in [-0.1, -0.05) is 36.4 Å². The van der Waals surface area contributed by atoms with Crippen LogP contribution in [0.2, 0.25) is 0 Å². The molecule has 3 rings (SSSR count). The fraction of sp³-hybridized carbons (Fsp3) is 0.278. The molecular weight excluding hydrogens is 260 g/mol. The van der Waals surface area contributed by atoms with E-state index >= 15 is 0 Å². The number of carbonyl (C=O) groups is 1. The van der Waals surface area contributed by atoms with Gasteiger partial charge in [-0.3, -0.25) is 4.79 Å². The smallest absolute Gasteiger partial charge is 0.237 e. The van der Waals surface area contributed by atoms with Crippen LogP contribution in [0.5, 0.6) is 0 Å². The molecule has 0 saturated heterocycles. The van der Waals surface area contributed by atoms with Crippen LogP contribution in [0.15, 0.2) is 48.5 Å². The number of anilines is 2. The predicted octanol–water partition coefficient (Wildman–Crippen LogP) is 3.14. The summed E-state index contributed by atoms with van der Waals surface area (Å²) in [7, 11) is 0. The second-order valence-electron chi connectivity index (χ2n) is 6.09. The van der Waals surface area contributed by atoms with E-state index < -0.39 is 5.41 Å². The fourth-order valence-electron chi connectivity index (χ4n) is 2.92. The van der Waals surface area contributed by atoms with Gasteiger partial charge in [0.25, 0.3) is 0 Å². The second-order valence-corrected chi connectivity index (χ2v) is 6.09. The van der Waals surface area contributed by atoms with Crippen molar-refractivity contribution in [3.8, 4) is 0 Å². The van der Waals surface area contributed by atoms with Crippen molar-refractivity contribution in [2.75, 3.05) is 17.2 Å². The van der Waals surface area contributed by atoms with Crippen LogP contribution in [0.3, 0.4) is 0 Å². The van der Waals surface area contributed by atoms with Gasteiger partial charge >= 0.3 is 0 Å². The number of nitrogens with zero attached hydrogens (tertiary/aromatic N) is 1. The molecule has 21 heavy (non-hydrogen) atoms. The van der Waals surface area contributed by atoms with E-state index in [0.717, 1.165) is 24.2 Å². The molecule has 0 aromatic heterocycles. The van der Waals surface area contributed by atoms with E-state index in [1.165, 1.54) is 5.56 Å². The first kappa shape index (κ1) is 13.7. The zero-order valence-corrected chi connectivity index (χ0v) is 12.5. The molecule has 108 valence electrons. The minimum atomic E-state index is -0.548. The lowest BCUT2D eigenvalue weighted by Crippen LogP contribution is -2.42. The van der Waals surface area contributed by atoms with Gasteiger partial charge in [0, 0.05) is 17.9 Å². The number of hydrogen-bond donors (Lipinski definition) is 1. The SMILES string of the molecule is CC(C)(C(=O)N1CCc2ccc(N)cc21)c1ccccc1. The third-order valence-electron chi connectivity index (χ3n) is 4.28. The zero-order chi connectivity index (χ0) is 15.0. The van der Waals surface area contributed by atoms with Crippen LogP contribution in [0, 0.1) is 0 Å². The minimum Gasteiger partial charge on any atom is -0.399 e. The van der Waals surface area contributed by atoms with Gasteiger partial charge in [0.1, 0.15) is 0 Å². The Morgan fingerprint density at radius 2 is 1.86 bits per heavy atom. The quantitative estimate of drug-likeness (QED) is 0.859. The molecular formula is C18H20N2O. The summed E-state index contributed by atoms with van der Waals surface area (Å²) in [5.41, 5.74) is 9.22. The number of fused-ring (bicyclic) bond motifs is 1. The Morgan fingerprint density at radius 3 is 2.57 bits per heavy atom. The van der Waals surface area contributed by atoms with Crippen molar-refractivity contribution >= 4 is 17.3 Å². The number of benzene rings is 2. The van der Waals surface area contributed by atoms with Crippen LogP contribution in [-0.4, -0.2) is 12.5 Å². The van der Waals surface area contributed by atoms with Crippen molar-refractivity contribution < 1.29 is 4.79 Å². The van der Waals surface area contributed by atoms with E-state index in [1.807, 2.05) is 67.3 Å². The van der Waals surface area contributed by atoms with Gasteiger partial charge in [-0.05, 0) is 43.5 Å².